The number of hydrogen-bond donors (Lipinski definition) is 1. The van der Waals surface area contributed by atoms with Crippen LogP contribution in [0.4, 0.5) is 23.4 Å². The number of aliphatic carboxylic acids is 1. The molecule has 8 nitrogen and oxygen atoms in total. The summed E-state index contributed by atoms with van der Waals surface area (Å²) in [4.78, 5) is 18.9. The second-order valence-corrected chi connectivity index (χ2v) is 6.33. The number of nitrogens with one attached hydrogen (secondary N) is 1. The van der Waals surface area contributed by atoms with Crippen LogP contribution < -0.4 is 34.0 Å². The Bertz CT molecular complexity index is 1000. The molecule has 1 unspecified atom stereocenters. The summed E-state index contributed by atoms with van der Waals surface area (Å²) >= 11 is 0. The van der Waals surface area contributed by atoms with E-state index >= 15 is 0 Å². The Morgan fingerprint density at radius 2 is 1.81 bits per heavy atom. The normalized spacial score (nSPS) is 14.8. The molecular weight excluding hydrogens is 433 g/mol. The summed E-state index contributed by atoms with van der Waals surface area (Å²) < 4.78 is 70.3. The van der Waals surface area contributed by atoms with Gasteiger partial charge in [0.15, 0.2) is 6.17 Å². The molecule has 0 radical (unpaired) electrons. The van der Waals surface area contributed by atoms with Gasteiger partial charge in [-0.05, 0) is 6.92 Å². The first kappa shape index (κ1) is 25.3. The fourth-order valence-electron chi connectivity index (χ4n) is 2.93. The van der Waals surface area contributed by atoms with Gasteiger partial charge in [-0.25, -0.2) is 17.6 Å². The molecule has 0 saturated heterocycles. The molecule has 1 aromatic carbocycles. The number of benzene rings is 1. The third-order valence-corrected chi connectivity index (χ3v) is 4.39. The summed E-state index contributed by atoms with van der Waals surface area (Å²) in [6.45, 7) is 1.44. The molecule has 0 aliphatic carbocycles. The molecule has 2 atom stereocenters. The monoisotopic (exact) mass is 449 g/mol. The average Bonchev–Trinajstić information content (AvgIpc) is 3.26. The number of methoxy groups -OCH3 is 1. The van der Waals surface area contributed by atoms with Gasteiger partial charge in [-0.2, -0.15) is 9.97 Å². The minimum absolute atomic E-state index is 0. The fourth-order valence-corrected chi connectivity index (χ4v) is 2.93. The fraction of sp³-hybridized carbons (Fsp3) is 0.316. The van der Waals surface area contributed by atoms with Crippen molar-refractivity contribution in [1.82, 2.24) is 9.97 Å². The summed E-state index contributed by atoms with van der Waals surface area (Å²) in [7, 11) is 1.16. The van der Waals surface area contributed by atoms with Crippen molar-refractivity contribution in [2.45, 2.75) is 31.9 Å². The zero-order valence-corrected chi connectivity index (χ0v) is 17.1. The average molecular weight is 449 g/mol. The summed E-state index contributed by atoms with van der Waals surface area (Å²) in [6.07, 6.45) is -4.80. The maximum absolute atomic E-state index is 14.6. The zero-order valence-electron chi connectivity index (χ0n) is 17.1. The minimum Gasteiger partial charge on any atom is -0.547 e. The summed E-state index contributed by atoms with van der Waals surface area (Å²) in [5.74, 6) is -3.43. The number of halogens is 4. The first-order valence-electron chi connectivity index (χ1n) is 8.84. The maximum Gasteiger partial charge on any atom is 1.00 e. The Morgan fingerprint density at radius 3 is 2.38 bits per heavy atom. The van der Waals surface area contributed by atoms with Gasteiger partial charge in [-0.15, -0.1) is 0 Å². The van der Waals surface area contributed by atoms with Crippen molar-refractivity contribution < 1.29 is 60.5 Å². The van der Waals surface area contributed by atoms with Crippen LogP contribution in [0.5, 0.6) is 6.01 Å². The van der Waals surface area contributed by atoms with Crippen molar-refractivity contribution in [3.63, 3.8) is 0 Å². The Balaban J connectivity index is 0.00000363. The second kappa shape index (κ2) is 10.6. The summed E-state index contributed by atoms with van der Waals surface area (Å²) in [5.41, 5.74) is -1.84. The van der Waals surface area contributed by atoms with Crippen LogP contribution in [0.2, 0.25) is 0 Å². The molecule has 0 spiro atoms. The van der Waals surface area contributed by atoms with Gasteiger partial charge in [-0.3, -0.25) is 0 Å². The molecule has 1 aromatic heterocycles. The van der Waals surface area contributed by atoms with E-state index in [1.165, 1.54) is 19.1 Å². The molecule has 166 valence electrons. The molecule has 1 aliphatic rings. The van der Waals surface area contributed by atoms with E-state index < -0.39 is 54.0 Å². The molecule has 0 fully saturated rings. The van der Waals surface area contributed by atoms with Crippen molar-refractivity contribution in [3.8, 4) is 6.01 Å². The number of carbonyl (C=O) groups excluding carboxylic acids is 1. The van der Waals surface area contributed by atoms with Crippen molar-refractivity contribution in [2.75, 3.05) is 12.4 Å². The van der Waals surface area contributed by atoms with Crippen LogP contribution in [0.3, 0.4) is 0 Å². The molecule has 13 heteroatoms. The number of nitrogens with zero attached hydrogens (tertiary/aromatic N) is 2. The number of anilines is 1. The Kier molecular flexibility index (Phi) is 8.35. The number of carboxylic acid groups (broad SMARTS) is 1. The number of carboxylic acids is 1. The van der Waals surface area contributed by atoms with Gasteiger partial charge in [0.2, 0.25) is 0 Å². The predicted molar refractivity (Wildman–Crippen MR) is 94.9 cm³/mol. The smallest absolute Gasteiger partial charge is 0.547 e. The van der Waals surface area contributed by atoms with Crippen LogP contribution in [0.15, 0.2) is 30.7 Å². The van der Waals surface area contributed by atoms with E-state index in [0.29, 0.717) is 0 Å². The van der Waals surface area contributed by atoms with Crippen molar-refractivity contribution in [2.24, 2.45) is 0 Å². The number of rotatable bonds is 8. The van der Waals surface area contributed by atoms with Gasteiger partial charge in [0.05, 0.1) is 24.7 Å². The molecule has 2 aromatic rings. The predicted octanol–water partition coefficient (Wildman–Crippen LogP) is 0.0161. The van der Waals surface area contributed by atoms with Crippen LogP contribution in [0.25, 0.3) is 0 Å². The molecule has 2 heterocycles. The maximum atomic E-state index is 14.6. The molecule has 3 rings (SSSR count). The third kappa shape index (κ3) is 5.08. The first-order chi connectivity index (χ1) is 14.7. The van der Waals surface area contributed by atoms with Gasteiger partial charge in [0.25, 0.3) is 12.7 Å². The van der Waals surface area contributed by atoms with Crippen LogP contribution >= 0.6 is 0 Å². The molecule has 0 bridgehead atoms. The van der Waals surface area contributed by atoms with E-state index in [0.717, 1.165) is 25.7 Å². The molecule has 1 aliphatic heterocycles. The standard InChI is InChI=1S/C19H17F4N3O5.Li/c1-8(9-4-3-5-10(12(9)20)15(22)23)24-16-11(18-30-6-7-31-18)14(13(21)17(27)28)25-19(26-16)29-2;/h3-8,13,15,18H,1-2H3,(H,27,28)(H,24,25,26);/q;+1/p-1/t8-,13?;/m1./s1. The minimum atomic E-state index is -3.03. The van der Waals surface area contributed by atoms with Crippen molar-refractivity contribution >= 4 is 11.8 Å². The zero-order chi connectivity index (χ0) is 22.7. The van der Waals surface area contributed by atoms with E-state index in [2.05, 4.69) is 15.3 Å². The number of hydrogen-bond acceptors (Lipinski definition) is 8. The molecular formula is C19H16F4LiN3O5. The summed E-state index contributed by atoms with van der Waals surface area (Å²) in [5, 5.41) is 13.9. The molecule has 0 saturated carbocycles. The quantitative estimate of drug-likeness (QED) is 0.444. The Morgan fingerprint density at radius 1 is 1.19 bits per heavy atom. The largest absolute Gasteiger partial charge is 1.00 e. The van der Waals surface area contributed by atoms with Gasteiger partial charge in [0, 0.05) is 5.56 Å². The van der Waals surface area contributed by atoms with E-state index in [1.54, 1.807) is 0 Å². The van der Waals surface area contributed by atoms with E-state index in [9.17, 15) is 27.5 Å². The number of alkyl halides is 3. The first-order valence-corrected chi connectivity index (χ1v) is 8.84. The molecule has 1 N–H and O–H groups in total. The Hall–Kier alpha value is -2.97. The number of carbonyl (C=O) groups is 1. The van der Waals surface area contributed by atoms with E-state index in [-0.39, 0.29) is 35.8 Å². The van der Waals surface area contributed by atoms with E-state index in [1.807, 2.05) is 0 Å². The second-order valence-electron chi connectivity index (χ2n) is 6.33. The molecule has 0 amide bonds. The van der Waals surface area contributed by atoms with Gasteiger partial charge in [-0.1, -0.05) is 18.2 Å². The van der Waals surface area contributed by atoms with Crippen LogP contribution in [0, 0.1) is 5.82 Å². The number of aromatic nitrogens is 2. The number of ether oxygens (including phenoxy) is 3. The van der Waals surface area contributed by atoms with Gasteiger partial charge >= 0.3 is 24.9 Å². The summed E-state index contributed by atoms with van der Waals surface area (Å²) in [6, 6.07) is 2.10. The van der Waals surface area contributed by atoms with E-state index in [4.69, 9.17) is 14.2 Å². The SMILES string of the molecule is COc1nc(N[C@H](C)c2cccc(C(F)F)c2F)c(C2OC=CO2)c(C(F)C(=O)[O-])n1.[Li+]. The Labute approximate surface area is 191 Å². The third-order valence-electron chi connectivity index (χ3n) is 4.39. The van der Waals surface area contributed by atoms with Gasteiger partial charge in [0.1, 0.15) is 35.4 Å². The van der Waals surface area contributed by atoms with Crippen molar-refractivity contribution in [1.29, 1.82) is 0 Å². The van der Waals surface area contributed by atoms with Crippen LogP contribution in [0.1, 0.15) is 54.2 Å². The van der Waals surface area contributed by atoms with Crippen LogP contribution in [-0.4, -0.2) is 23.0 Å². The van der Waals surface area contributed by atoms with Gasteiger partial charge < -0.3 is 29.4 Å². The van der Waals surface area contributed by atoms with Crippen molar-refractivity contribution in [3.05, 3.63) is 58.9 Å². The van der Waals surface area contributed by atoms with Crippen LogP contribution in [-0.2, 0) is 14.3 Å². The molecule has 32 heavy (non-hydrogen) atoms. The topological polar surface area (TPSA) is 106 Å².